The number of piperidine rings is 1. The molecule has 0 bridgehead atoms. The van der Waals surface area contributed by atoms with Gasteiger partial charge < -0.3 is 10.2 Å². The second-order valence-electron chi connectivity index (χ2n) is 7.59. The van der Waals surface area contributed by atoms with Gasteiger partial charge in [0.1, 0.15) is 5.82 Å². The summed E-state index contributed by atoms with van der Waals surface area (Å²) in [5, 5.41) is 7.80. The minimum atomic E-state index is -0.317. The zero-order chi connectivity index (χ0) is 21.8. The highest BCUT2D eigenvalue weighted by atomic mass is 35.5. The molecule has 0 atom stereocenters. The van der Waals surface area contributed by atoms with Crippen LogP contribution < -0.4 is 10.9 Å². The van der Waals surface area contributed by atoms with Gasteiger partial charge in [0.2, 0.25) is 0 Å². The number of amides is 2. The first-order valence-corrected chi connectivity index (χ1v) is 10.5. The predicted molar refractivity (Wildman–Crippen MR) is 119 cm³/mol. The summed E-state index contributed by atoms with van der Waals surface area (Å²) in [6.07, 6.45) is 1.54. The molecule has 160 valence electrons. The molecule has 2 heterocycles. The highest BCUT2D eigenvalue weighted by Crippen LogP contribution is 2.23. The van der Waals surface area contributed by atoms with Crippen LogP contribution in [0.25, 0.3) is 11.3 Å². The van der Waals surface area contributed by atoms with E-state index in [4.69, 9.17) is 11.6 Å². The van der Waals surface area contributed by atoms with E-state index in [1.165, 1.54) is 22.9 Å². The second-order valence-corrected chi connectivity index (χ2v) is 7.99. The third-order valence-corrected chi connectivity index (χ3v) is 5.78. The maximum Gasteiger partial charge on any atom is 0.321 e. The lowest BCUT2D eigenvalue weighted by atomic mass is 9.97. The van der Waals surface area contributed by atoms with Gasteiger partial charge in [-0.05, 0) is 61.2 Å². The van der Waals surface area contributed by atoms with Gasteiger partial charge in [-0.2, -0.15) is 5.10 Å². The molecule has 0 aliphatic carbocycles. The van der Waals surface area contributed by atoms with Crippen LogP contribution in [0.15, 0.2) is 65.5 Å². The highest BCUT2D eigenvalue weighted by Gasteiger charge is 2.24. The third-order valence-electron chi connectivity index (χ3n) is 5.45. The number of hydrogen-bond acceptors (Lipinski definition) is 3. The largest absolute Gasteiger partial charge is 0.325 e. The summed E-state index contributed by atoms with van der Waals surface area (Å²) in [6, 6.07) is 16.1. The number of para-hydroxylation sites is 1. The molecular formula is C23H22ClFN4O2. The van der Waals surface area contributed by atoms with Crippen LogP contribution in [-0.4, -0.2) is 33.8 Å². The number of carbonyl (C=O) groups excluding carboxylic acids is 1. The van der Waals surface area contributed by atoms with E-state index in [1.54, 1.807) is 35.2 Å². The number of aromatic nitrogens is 2. The fourth-order valence-electron chi connectivity index (χ4n) is 3.67. The van der Waals surface area contributed by atoms with Gasteiger partial charge >= 0.3 is 6.03 Å². The third kappa shape index (κ3) is 5.11. The van der Waals surface area contributed by atoms with Gasteiger partial charge in [0, 0.05) is 31.3 Å². The maximum absolute atomic E-state index is 13.2. The van der Waals surface area contributed by atoms with Crippen molar-refractivity contribution in [2.24, 2.45) is 5.92 Å². The van der Waals surface area contributed by atoms with Crippen molar-refractivity contribution in [3.63, 3.8) is 0 Å². The van der Waals surface area contributed by atoms with Gasteiger partial charge in [-0.25, -0.2) is 13.9 Å². The minimum Gasteiger partial charge on any atom is -0.325 e. The van der Waals surface area contributed by atoms with E-state index in [2.05, 4.69) is 10.4 Å². The van der Waals surface area contributed by atoms with Crippen molar-refractivity contribution >= 4 is 23.3 Å². The number of nitrogens with one attached hydrogen (secondary N) is 1. The number of likely N-dealkylation sites (tertiary alicyclic amines) is 1. The molecule has 1 aromatic heterocycles. The summed E-state index contributed by atoms with van der Waals surface area (Å²) in [5.41, 5.74) is 1.78. The number of benzene rings is 2. The normalized spacial score (nSPS) is 14.5. The van der Waals surface area contributed by atoms with Gasteiger partial charge in [-0.3, -0.25) is 4.79 Å². The lowest BCUT2D eigenvalue weighted by Crippen LogP contribution is -2.42. The maximum atomic E-state index is 13.2. The SMILES string of the molecule is O=C(Nc1ccccc1Cl)N1CCC(Cn2nc(-c3ccc(F)cc3)ccc2=O)CC1. The molecule has 2 aromatic carbocycles. The van der Waals surface area contributed by atoms with Crippen LogP contribution in [-0.2, 0) is 6.54 Å². The molecule has 0 spiro atoms. The number of halogens is 2. The van der Waals surface area contributed by atoms with Crippen LogP contribution in [0.5, 0.6) is 0 Å². The molecule has 0 unspecified atom stereocenters. The topological polar surface area (TPSA) is 67.2 Å². The molecule has 8 heteroatoms. The molecule has 6 nitrogen and oxygen atoms in total. The fraction of sp³-hybridized carbons (Fsp3) is 0.261. The highest BCUT2D eigenvalue weighted by molar-refractivity contribution is 6.33. The number of nitrogens with zero attached hydrogens (tertiary/aromatic N) is 3. The standard InChI is InChI=1S/C23H22ClFN4O2/c24-19-3-1-2-4-21(19)26-23(31)28-13-11-16(12-14-28)15-29-22(30)10-9-20(27-29)17-5-7-18(25)8-6-17/h1-10,16H,11-15H2,(H,26,31). The van der Waals surface area contributed by atoms with E-state index >= 15 is 0 Å². The van der Waals surface area contributed by atoms with Crippen LogP contribution in [0.4, 0.5) is 14.9 Å². The molecule has 1 saturated heterocycles. The Kier molecular flexibility index (Phi) is 6.32. The lowest BCUT2D eigenvalue weighted by molar-refractivity contribution is 0.174. The molecule has 1 aliphatic rings. The van der Waals surface area contributed by atoms with Crippen molar-refractivity contribution in [1.29, 1.82) is 0 Å². The van der Waals surface area contributed by atoms with Gasteiger partial charge in [0.25, 0.3) is 5.56 Å². The Balaban J connectivity index is 1.37. The molecule has 31 heavy (non-hydrogen) atoms. The van der Waals surface area contributed by atoms with Crippen molar-refractivity contribution in [3.05, 3.63) is 81.9 Å². The Bertz CT molecular complexity index is 1120. The molecule has 1 aliphatic heterocycles. The quantitative estimate of drug-likeness (QED) is 0.642. The molecule has 2 amide bonds. The number of urea groups is 1. The Labute approximate surface area is 184 Å². The predicted octanol–water partition coefficient (Wildman–Crippen LogP) is 4.65. The molecule has 0 saturated carbocycles. The second kappa shape index (κ2) is 9.31. The first kappa shape index (κ1) is 21.1. The van der Waals surface area contributed by atoms with Gasteiger partial charge in [0.15, 0.2) is 0 Å². The summed E-state index contributed by atoms with van der Waals surface area (Å²) in [6.45, 7) is 1.66. The van der Waals surface area contributed by atoms with E-state index < -0.39 is 0 Å². The summed E-state index contributed by atoms with van der Waals surface area (Å²) in [5.74, 6) is -0.0829. The summed E-state index contributed by atoms with van der Waals surface area (Å²) in [7, 11) is 0. The van der Waals surface area contributed by atoms with Crippen molar-refractivity contribution < 1.29 is 9.18 Å². The average Bonchev–Trinajstić information content (AvgIpc) is 2.78. The molecular weight excluding hydrogens is 419 g/mol. The molecule has 1 N–H and O–H groups in total. The fourth-order valence-corrected chi connectivity index (χ4v) is 3.86. The first-order chi connectivity index (χ1) is 15.0. The zero-order valence-electron chi connectivity index (χ0n) is 16.8. The first-order valence-electron chi connectivity index (χ1n) is 10.1. The van der Waals surface area contributed by atoms with E-state index in [9.17, 15) is 14.0 Å². The lowest BCUT2D eigenvalue weighted by Gasteiger charge is -2.32. The van der Waals surface area contributed by atoms with Crippen LogP contribution in [0.1, 0.15) is 12.8 Å². The van der Waals surface area contributed by atoms with Gasteiger partial charge in [-0.1, -0.05) is 23.7 Å². The molecule has 0 radical (unpaired) electrons. The zero-order valence-corrected chi connectivity index (χ0v) is 17.6. The van der Waals surface area contributed by atoms with Gasteiger partial charge in [-0.15, -0.1) is 0 Å². The van der Waals surface area contributed by atoms with Crippen LogP contribution in [0.3, 0.4) is 0 Å². The van der Waals surface area contributed by atoms with Crippen molar-refractivity contribution in [1.82, 2.24) is 14.7 Å². The Morgan fingerprint density at radius 3 is 2.48 bits per heavy atom. The van der Waals surface area contributed by atoms with Crippen LogP contribution >= 0.6 is 11.6 Å². The monoisotopic (exact) mass is 440 g/mol. The summed E-state index contributed by atoms with van der Waals surface area (Å²) >= 11 is 6.11. The Hall–Kier alpha value is -3.19. The van der Waals surface area contributed by atoms with E-state index in [1.807, 2.05) is 12.1 Å². The van der Waals surface area contributed by atoms with Crippen molar-refractivity contribution in [3.8, 4) is 11.3 Å². The number of rotatable bonds is 4. The Morgan fingerprint density at radius 1 is 1.06 bits per heavy atom. The summed E-state index contributed by atoms with van der Waals surface area (Å²) in [4.78, 5) is 26.6. The van der Waals surface area contributed by atoms with E-state index in [0.717, 1.165) is 18.4 Å². The molecule has 4 rings (SSSR count). The minimum absolute atomic E-state index is 0.176. The van der Waals surface area contributed by atoms with Crippen molar-refractivity contribution in [2.45, 2.75) is 19.4 Å². The summed E-state index contributed by atoms with van der Waals surface area (Å²) < 4.78 is 14.6. The van der Waals surface area contributed by atoms with Crippen LogP contribution in [0, 0.1) is 11.7 Å². The van der Waals surface area contributed by atoms with Crippen molar-refractivity contribution in [2.75, 3.05) is 18.4 Å². The van der Waals surface area contributed by atoms with E-state index in [-0.39, 0.29) is 23.3 Å². The Morgan fingerprint density at radius 2 is 1.77 bits per heavy atom. The number of anilines is 1. The van der Waals surface area contributed by atoms with E-state index in [0.29, 0.717) is 36.0 Å². The number of hydrogen-bond donors (Lipinski definition) is 1. The van der Waals surface area contributed by atoms with Crippen LogP contribution in [0.2, 0.25) is 5.02 Å². The molecule has 1 fully saturated rings. The molecule has 3 aromatic rings. The smallest absolute Gasteiger partial charge is 0.321 e. The average molecular weight is 441 g/mol. The number of carbonyl (C=O) groups is 1. The van der Waals surface area contributed by atoms with Gasteiger partial charge in [0.05, 0.1) is 16.4 Å².